The molecule has 1 rings (SSSR count). The lowest BCUT2D eigenvalue weighted by Gasteiger charge is -2.41. The zero-order valence-corrected chi connectivity index (χ0v) is 9.57. The molecule has 0 amide bonds. The lowest BCUT2D eigenvalue weighted by Crippen LogP contribution is -2.34. The molecule has 0 bridgehead atoms. The Kier molecular flexibility index (Phi) is 2.31. The second kappa shape index (κ2) is 2.75. The third kappa shape index (κ3) is 2.24. The van der Waals surface area contributed by atoms with Crippen LogP contribution in [0.25, 0.3) is 0 Å². The van der Waals surface area contributed by atoms with E-state index in [-0.39, 0.29) is 0 Å². The smallest absolute Gasteiger partial charge is 0.0288 e. The second-order valence-corrected chi connectivity index (χ2v) is 6.55. The Labute approximate surface area is 77.7 Å². The molecule has 1 fully saturated rings. The lowest BCUT2D eigenvalue weighted by molar-refractivity contribution is 0.0801. The zero-order valence-electron chi connectivity index (χ0n) is 9.57. The largest absolute Gasteiger partial charge is 0.0599 e. The van der Waals surface area contributed by atoms with Gasteiger partial charge in [0, 0.05) is 0 Å². The quantitative estimate of drug-likeness (QED) is 0.553. The summed E-state index contributed by atoms with van der Waals surface area (Å²) in [5.74, 6) is 1.91. The molecule has 0 unspecified atom stereocenters. The summed E-state index contributed by atoms with van der Waals surface area (Å²) in [4.78, 5) is 0. The molecular formula is C12H24. The highest BCUT2D eigenvalue weighted by atomic mass is 14.5. The monoisotopic (exact) mass is 168 g/mol. The molecule has 0 aliphatic heterocycles. The van der Waals surface area contributed by atoms with Gasteiger partial charge in [-0.25, -0.2) is 0 Å². The second-order valence-electron chi connectivity index (χ2n) is 6.55. The maximum absolute atomic E-state index is 2.39. The van der Waals surface area contributed by atoms with Crippen LogP contribution in [0.15, 0.2) is 0 Å². The van der Waals surface area contributed by atoms with Gasteiger partial charge >= 0.3 is 0 Å². The van der Waals surface area contributed by atoms with E-state index in [2.05, 4.69) is 41.5 Å². The Balaban J connectivity index is 2.74. The highest BCUT2D eigenvalue weighted by Gasteiger charge is 2.44. The van der Waals surface area contributed by atoms with Gasteiger partial charge in [-0.3, -0.25) is 0 Å². The van der Waals surface area contributed by atoms with Crippen molar-refractivity contribution in [3.63, 3.8) is 0 Å². The van der Waals surface area contributed by atoms with Gasteiger partial charge in [0.25, 0.3) is 0 Å². The van der Waals surface area contributed by atoms with Crippen LogP contribution in [0.5, 0.6) is 0 Å². The molecule has 0 heteroatoms. The molecular weight excluding hydrogens is 144 g/mol. The number of rotatable bonds is 1. The van der Waals surface area contributed by atoms with Gasteiger partial charge in [-0.1, -0.05) is 41.5 Å². The van der Waals surface area contributed by atoms with Crippen molar-refractivity contribution >= 4 is 0 Å². The van der Waals surface area contributed by atoms with Gasteiger partial charge in [0.1, 0.15) is 0 Å². The fourth-order valence-electron chi connectivity index (χ4n) is 3.14. The lowest BCUT2D eigenvalue weighted by atomic mass is 9.64. The van der Waals surface area contributed by atoms with Crippen molar-refractivity contribution in [3.05, 3.63) is 0 Å². The van der Waals surface area contributed by atoms with Crippen molar-refractivity contribution in [1.82, 2.24) is 0 Å². The van der Waals surface area contributed by atoms with E-state index in [0.29, 0.717) is 10.8 Å². The van der Waals surface area contributed by atoms with Crippen LogP contribution in [0.1, 0.15) is 54.4 Å². The first-order chi connectivity index (χ1) is 5.23. The Morgan fingerprint density at radius 2 is 1.17 bits per heavy atom. The van der Waals surface area contributed by atoms with Crippen molar-refractivity contribution in [3.8, 4) is 0 Å². The minimum atomic E-state index is 0.486. The van der Waals surface area contributed by atoms with E-state index in [1.807, 2.05) is 0 Å². The van der Waals surface area contributed by atoms with Crippen molar-refractivity contribution in [2.24, 2.45) is 22.7 Å². The number of hydrogen-bond donors (Lipinski definition) is 0. The third-order valence-corrected chi connectivity index (χ3v) is 2.96. The predicted octanol–water partition coefficient (Wildman–Crippen LogP) is 4.10. The topological polar surface area (TPSA) is 0 Å². The van der Waals surface area contributed by atoms with Crippen LogP contribution < -0.4 is 0 Å². The summed E-state index contributed by atoms with van der Waals surface area (Å²) in [6.07, 6.45) is 2.94. The fourth-order valence-corrected chi connectivity index (χ4v) is 3.14. The average molecular weight is 168 g/mol. The Morgan fingerprint density at radius 3 is 1.25 bits per heavy atom. The maximum Gasteiger partial charge on any atom is -0.0288 e. The van der Waals surface area contributed by atoms with Gasteiger partial charge in [-0.05, 0) is 35.5 Å². The molecule has 0 atom stereocenters. The average Bonchev–Trinajstić information content (AvgIpc) is 2.38. The Hall–Kier alpha value is 0. The molecule has 1 aliphatic rings. The van der Waals surface area contributed by atoms with Gasteiger partial charge in [-0.15, -0.1) is 0 Å². The van der Waals surface area contributed by atoms with Crippen LogP contribution >= 0.6 is 0 Å². The summed E-state index contributed by atoms with van der Waals surface area (Å²) in [5.41, 5.74) is 0.971. The molecule has 0 N–H and O–H groups in total. The van der Waals surface area contributed by atoms with E-state index in [1.165, 1.54) is 12.8 Å². The van der Waals surface area contributed by atoms with Crippen LogP contribution in [0.3, 0.4) is 0 Å². The van der Waals surface area contributed by atoms with Crippen molar-refractivity contribution in [2.45, 2.75) is 54.4 Å². The van der Waals surface area contributed by atoms with Crippen LogP contribution in [-0.4, -0.2) is 0 Å². The van der Waals surface area contributed by atoms with Crippen molar-refractivity contribution in [1.29, 1.82) is 0 Å². The number of hydrogen-bond acceptors (Lipinski definition) is 0. The fraction of sp³-hybridized carbons (Fsp3) is 1.00. The van der Waals surface area contributed by atoms with E-state index in [9.17, 15) is 0 Å². The zero-order chi connectivity index (χ0) is 9.57. The van der Waals surface area contributed by atoms with Gasteiger partial charge in [0.05, 0.1) is 0 Å². The molecule has 0 spiro atoms. The molecule has 1 aliphatic carbocycles. The van der Waals surface area contributed by atoms with Gasteiger partial charge in [-0.2, -0.15) is 0 Å². The molecule has 1 saturated carbocycles. The molecule has 0 aromatic heterocycles. The molecule has 12 heavy (non-hydrogen) atoms. The maximum atomic E-state index is 2.39. The summed E-state index contributed by atoms with van der Waals surface area (Å²) in [5, 5.41) is 0. The van der Waals surface area contributed by atoms with Gasteiger partial charge in [0.15, 0.2) is 0 Å². The van der Waals surface area contributed by atoms with Gasteiger partial charge < -0.3 is 0 Å². The normalized spacial score (nSPS) is 20.2. The first kappa shape index (κ1) is 10.1. The van der Waals surface area contributed by atoms with Crippen LogP contribution in [0.4, 0.5) is 0 Å². The Bertz CT molecular complexity index is 136. The first-order valence-corrected chi connectivity index (χ1v) is 5.23. The SMILES string of the molecule is CC(C)(C)C(C1CC1)C(C)(C)C. The summed E-state index contributed by atoms with van der Waals surface area (Å²) < 4.78 is 0. The van der Waals surface area contributed by atoms with Gasteiger partial charge in [0.2, 0.25) is 0 Å². The van der Waals surface area contributed by atoms with E-state index in [4.69, 9.17) is 0 Å². The molecule has 0 saturated heterocycles. The highest BCUT2D eigenvalue weighted by Crippen LogP contribution is 2.53. The van der Waals surface area contributed by atoms with E-state index in [1.54, 1.807) is 0 Å². The van der Waals surface area contributed by atoms with E-state index < -0.39 is 0 Å². The van der Waals surface area contributed by atoms with Crippen molar-refractivity contribution < 1.29 is 0 Å². The van der Waals surface area contributed by atoms with E-state index >= 15 is 0 Å². The molecule has 72 valence electrons. The molecule has 0 heterocycles. The standard InChI is InChI=1S/C12H24/c1-11(2,3)10(9-7-8-9)12(4,5)6/h9-10H,7-8H2,1-6H3. The summed E-state index contributed by atoms with van der Waals surface area (Å²) >= 11 is 0. The molecule has 0 aromatic rings. The first-order valence-electron chi connectivity index (χ1n) is 5.23. The predicted molar refractivity (Wildman–Crippen MR) is 55.1 cm³/mol. The van der Waals surface area contributed by atoms with Crippen LogP contribution in [0, 0.1) is 22.7 Å². The molecule has 0 nitrogen and oxygen atoms in total. The molecule has 0 radical (unpaired) electrons. The van der Waals surface area contributed by atoms with Crippen molar-refractivity contribution in [2.75, 3.05) is 0 Å². The third-order valence-electron chi connectivity index (χ3n) is 2.96. The minimum absolute atomic E-state index is 0.486. The molecule has 0 aromatic carbocycles. The van der Waals surface area contributed by atoms with Crippen LogP contribution in [-0.2, 0) is 0 Å². The Morgan fingerprint density at radius 1 is 0.833 bits per heavy atom. The summed E-state index contributed by atoms with van der Waals surface area (Å²) in [7, 11) is 0. The van der Waals surface area contributed by atoms with E-state index in [0.717, 1.165) is 11.8 Å². The summed E-state index contributed by atoms with van der Waals surface area (Å²) in [6.45, 7) is 14.3. The highest BCUT2D eigenvalue weighted by molar-refractivity contribution is 4.94. The minimum Gasteiger partial charge on any atom is -0.0599 e. The van der Waals surface area contributed by atoms with Crippen LogP contribution in [0.2, 0.25) is 0 Å². The summed E-state index contributed by atoms with van der Waals surface area (Å²) in [6, 6.07) is 0.